The number of aliphatic hydroxyl groups excluding tert-OH is 1. The van der Waals surface area contributed by atoms with Crippen LogP contribution in [0.5, 0.6) is 0 Å². The van der Waals surface area contributed by atoms with E-state index in [4.69, 9.17) is 0 Å². The fourth-order valence-electron chi connectivity index (χ4n) is 1.91. The van der Waals surface area contributed by atoms with E-state index in [-0.39, 0.29) is 0 Å². The van der Waals surface area contributed by atoms with Crippen LogP contribution in [0.4, 0.5) is 0 Å². The Labute approximate surface area is 131 Å². The lowest BCUT2D eigenvalue weighted by atomic mass is 10.0. The molecule has 0 aliphatic rings. The molecule has 0 bridgehead atoms. The van der Waals surface area contributed by atoms with Crippen LogP contribution in [0.2, 0.25) is 0 Å². The van der Waals surface area contributed by atoms with Gasteiger partial charge in [0, 0.05) is 12.0 Å². The van der Waals surface area contributed by atoms with Crippen molar-refractivity contribution in [1.29, 1.82) is 0 Å². The van der Waals surface area contributed by atoms with Crippen molar-refractivity contribution in [3.05, 3.63) is 23.8 Å². The number of rotatable bonds is 9. The molecule has 1 nitrogen and oxygen atoms in total. The minimum atomic E-state index is -0.483. The standard InChI is InChI=1S/C20H30O/c1-5-6-7-8-9-10-11-12-13-17-20(21)19(4)16-14-15-18(2)3/h15,20-21H,4,7-13,17H2,1-3H3. The molecular weight excluding hydrogens is 256 g/mol. The Hall–Kier alpha value is -1.44. The van der Waals surface area contributed by atoms with Crippen molar-refractivity contribution in [3.8, 4) is 23.7 Å². The molecule has 0 saturated heterocycles. The van der Waals surface area contributed by atoms with E-state index in [0.29, 0.717) is 5.57 Å². The summed E-state index contributed by atoms with van der Waals surface area (Å²) in [4.78, 5) is 0. The van der Waals surface area contributed by atoms with Gasteiger partial charge in [0.15, 0.2) is 0 Å². The predicted molar refractivity (Wildman–Crippen MR) is 92.7 cm³/mol. The number of hydrogen-bond donors (Lipinski definition) is 1. The number of unbranched alkanes of at least 4 members (excludes halogenated alkanes) is 6. The quantitative estimate of drug-likeness (QED) is 0.466. The topological polar surface area (TPSA) is 20.2 Å². The normalized spacial score (nSPS) is 10.7. The summed E-state index contributed by atoms with van der Waals surface area (Å²) >= 11 is 0. The Morgan fingerprint density at radius 2 is 1.71 bits per heavy atom. The highest BCUT2D eigenvalue weighted by atomic mass is 16.3. The highest BCUT2D eigenvalue weighted by Crippen LogP contribution is 2.12. The van der Waals surface area contributed by atoms with Crippen molar-refractivity contribution < 1.29 is 5.11 Å². The third-order valence-corrected chi connectivity index (χ3v) is 3.20. The lowest BCUT2D eigenvalue weighted by Gasteiger charge is -2.08. The number of hydrogen-bond acceptors (Lipinski definition) is 1. The molecule has 21 heavy (non-hydrogen) atoms. The van der Waals surface area contributed by atoms with E-state index in [2.05, 4.69) is 30.3 Å². The van der Waals surface area contributed by atoms with Gasteiger partial charge in [0.2, 0.25) is 0 Å². The average molecular weight is 286 g/mol. The van der Waals surface area contributed by atoms with Crippen LogP contribution in [0.3, 0.4) is 0 Å². The van der Waals surface area contributed by atoms with Gasteiger partial charge in [0.25, 0.3) is 0 Å². The van der Waals surface area contributed by atoms with Gasteiger partial charge in [0.1, 0.15) is 0 Å². The van der Waals surface area contributed by atoms with Crippen molar-refractivity contribution in [2.24, 2.45) is 0 Å². The van der Waals surface area contributed by atoms with Gasteiger partial charge in [0.05, 0.1) is 6.10 Å². The maximum Gasteiger partial charge on any atom is 0.0862 e. The van der Waals surface area contributed by atoms with Crippen LogP contribution in [0, 0.1) is 23.7 Å². The van der Waals surface area contributed by atoms with Crippen LogP contribution in [-0.2, 0) is 0 Å². The van der Waals surface area contributed by atoms with E-state index in [0.717, 1.165) is 24.8 Å². The number of allylic oxidation sites excluding steroid dienone is 2. The van der Waals surface area contributed by atoms with Gasteiger partial charge < -0.3 is 5.11 Å². The molecule has 1 N–H and O–H groups in total. The molecule has 0 saturated carbocycles. The molecule has 0 rings (SSSR count). The predicted octanol–water partition coefficient (Wildman–Crippen LogP) is 5.02. The zero-order chi connectivity index (χ0) is 15.9. The zero-order valence-electron chi connectivity index (χ0n) is 14.0. The smallest absolute Gasteiger partial charge is 0.0862 e. The molecule has 0 spiro atoms. The molecule has 0 amide bonds. The Kier molecular flexibility index (Phi) is 12.6. The lowest BCUT2D eigenvalue weighted by molar-refractivity contribution is 0.201. The fourth-order valence-corrected chi connectivity index (χ4v) is 1.91. The van der Waals surface area contributed by atoms with E-state index in [1.165, 1.54) is 32.1 Å². The SMILES string of the molecule is C=C(C#CC=C(C)C)C(O)CCCCCCCCC#CC. The minimum absolute atomic E-state index is 0.483. The summed E-state index contributed by atoms with van der Waals surface area (Å²) in [5.41, 5.74) is 1.79. The molecule has 0 aliphatic carbocycles. The first-order chi connectivity index (χ1) is 10.1. The van der Waals surface area contributed by atoms with Gasteiger partial charge in [-0.2, -0.15) is 0 Å². The molecule has 0 aromatic heterocycles. The molecule has 1 unspecified atom stereocenters. The molecule has 0 aromatic carbocycles. The van der Waals surface area contributed by atoms with E-state index in [1.54, 1.807) is 0 Å². The summed E-state index contributed by atoms with van der Waals surface area (Å²) in [6.45, 7) is 9.74. The maximum atomic E-state index is 9.94. The largest absolute Gasteiger partial charge is 0.388 e. The highest BCUT2D eigenvalue weighted by molar-refractivity contribution is 5.33. The average Bonchev–Trinajstić information content (AvgIpc) is 2.44. The molecular formula is C20H30O. The van der Waals surface area contributed by atoms with E-state index >= 15 is 0 Å². The number of aliphatic hydroxyl groups is 1. The third kappa shape index (κ3) is 13.3. The summed E-state index contributed by atoms with van der Waals surface area (Å²) in [7, 11) is 0. The van der Waals surface area contributed by atoms with Crippen LogP contribution in [0.25, 0.3) is 0 Å². The summed E-state index contributed by atoms with van der Waals surface area (Å²) in [6, 6.07) is 0. The Morgan fingerprint density at radius 1 is 1.10 bits per heavy atom. The van der Waals surface area contributed by atoms with Gasteiger partial charge in [-0.05, 0) is 39.7 Å². The van der Waals surface area contributed by atoms with Crippen LogP contribution in [0.15, 0.2) is 23.8 Å². The molecule has 1 atom stereocenters. The van der Waals surface area contributed by atoms with Crippen LogP contribution >= 0.6 is 0 Å². The third-order valence-electron chi connectivity index (χ3n) is 3.20. The van der Waals surface area contributed by atoms with Crippen molar-refractivity contribution in [3.63, 3.8) is 0 Å². The first-order valence-electron chi connectivity index (χ1n) is 7.99. The lowest BCUT2D eigenvalue weighted by Crippen LogP contribution is -2.07. The molecule has 0 aliphatic heterocycles. The summed E-state index contributed by atoms with van der Waals surface area (Å²) in [5, 5.41) is 9.94. The van der Waals surface area contributed by atoms with Crippen LogP contribution in [-0.4, -0.2) is 11.2 Å². The van der Waals surface area contributed by atoms with E-state index in [1.807, 2.05) is 26.8 Å². The van der Waals surface area contributed by atoms with Gasteiger partial charge in [-0.1, -0.05) is 56.1 Å². The molecule has 0 fully saturated rings. The van der Waals surface area contributed by atoms with Crippen molar-refractivity contribution in [2.45, 2.75) is 78.2 Å². The van der Waals surface area contributed by atoms with Crippen LogP contribution < -0.4 is 0 Å². The summed E-state index contributed by atoms with van der Waals surface area (Å²) in [5.74, 6) is 11.8. The maximum absolute atomic E-state index is 9.94. The molecule has 0 radical (unpaired) electrons. The van der Waals surface area contributed by atoms with Gasteiger partial charge in [-0.3, -0.25) is 0 Å². The Balaban J connectivity index is 3.62. The second-order valence-electron chi connectivity index (χ2n) is 5.62. The molecule has 0 aromatic rings. The zero-order valence-corrected chi connectivity index (χ0v) is 14.0. The first-order valence-corrected chi connectivity index (χ1v) is 7.99. The van der Waals surface area contributed by atoms with Crippen molar-refractivity contribution in [2.75, 3.05) is 0 Å². The van der Waals surface area contributed by atoms with Crippen LogP contribution in [0.1, 0.15) is 72.1 Å². The minimum Gasteiger partial charge on any atom is -0.388 e. The van der Waals surface area contributed by atoms with Gasteiger partial charge >= 0.3 is 0 Å². The van der Waals surface area contributed by atoms with E-state index < -0.39 is 6.10 Å². The molecule has 0 heterocycles. The van der Waals surface area contributed by atoms with Crippen molar-refractivity contribution in [1.82, 2.24) is 0 Å². The fraction of sp³-hybridized carbons (Fsp3) is 0.600. The second-order valence-corrected chi connectivity index (χ2v) is 5.62. The molecule has 116 valence electrons. The van der Waals surface area contributed by atoms with Crippen molar-refractivity contribution >= 4 is 0 Å². The van der Waals surface area contributed by atoms with Gasteiger partial charge in [-0.15, -0.1) is 11.8 Å². The van der Waals surface area contributed by atoms with E-state index in [9.17, 15) is 5.11 Å². The second kappa shape index (κ2) is 13.5. The Bertz CT molecular complexity index is 430. The summed E-state index contributed by atoms with van der Waals surface area (Å²) < 4.78 is 0. The van der Waals surface area contributed by atoms with Gasteiger partial charge in [-0.25, -0.2) is 0 Å². The monoisotopic (exact) mass is 286 g/mol. The highest BCUT2D eigenvalue weighted by Gasteiger charge is 2.05. The summed E-state index contributed by atoms with van der Waals surface area (Å²) in [6.07, 6.45) is 10.3. The first kappa shape index (κ1) is 19.6. The molecule has 1 heteroatoms. The Morgan fingerprint density at radius 3 is 2.33 bits per heavy atom.